The molecule has 2 rings (SSSR count). The first-order valence-electron chi connectivity index (χ1n) is 6.66. The number of carboxylic acids is 1. The Labute approximate surface area is 132 Å². The molecular formula is C14H16N2O4S2. The van der Waals surface area contributed by atoms with E-state index in [-0.39, 0.29) is 10.6 Å². The summed E-state index contributed by atoms with van der Waals surface area (Å²) in [7, 11) is -3.89. The summed E-state index contributed by atoms with van der Waals surface area (Å²) in [5.41, 5.74) is 0.746. The van der Waals surface area contributed by atoms with Crippen LogP contribution in [-0.4, -0.2) is 30.5 Å². The summed E-state index contributed by atoms with van der Waals surface area (Å²) in [6.45, 7) is 1.87. The van der Waals surface area contributed by atoms with Crippen molar-refractivity contribution in [3.63, 3.8) is 0 Å². The molecule has 0 radical (unpaired) electrons. The number of aromatic nitrogens is 1. The lowest BCUT2D eigenvalue weighted by molar-refractivity contribution is -0.138. The Morgan fingerprint density at radius 1 is 1.36 bits per heavy atom. The summed E-state index contributed by atoms with van der Waals surface area (Å²) in [6.07, 6.45) is 1.97. The maximum Gasteiger partial charge on any atom is 0.322 e. The number of sulfonamides is 1. The SMILES string of the molecule is CCc1ncc(S(=O)(=O)N[C@H](Cc2ccccc2)C(=O)O)s1. The van der Waals surface area contributed by atoms with Crippen LogP contribution in [0.5, 0.6) is 0 Å². The first-order chi connectivity index (χ1) is 10.4. The predicted octanol–water partition coefficient (Wildman–Crippen LogP) is 1.68. The van der Waals surface area contributed by atoms with Crippen molar-refractivity contribution in [1.29, 1.82) is 0 Å². The number of rotatable bonds is 7. The highest BCUT2D eigenvalue weighted by Crippen LogP contribution is 2.19. The van der Waals surface area contributed by atoms with Gasteiger partial charge in [-0.15, -0.1) is 11.3 Å². The van der Waals surface area contributed by atoms with Crippen molar-refractivity contribution in [2.24, 2.45) is 0 Å². The van der Waals surface area contributed by atoms with Gasteiger partial charge in [-0.1, -0.05) is 37.3 Å². The maximum atomic E-state index is 12.3. The van der Waals surface area contributed by atoms with E-state index in [1.165, 1.54) is 6.20 Å². The van der Waals surface area contributed by atoms with Gasteiger partial charge in [0.25, 0.3) is 10.0 Å². The van der Waals surface area contributed by atoms with E-state index >= 15 is 0 Å². The molecule has 0 spiro atoms. The second kappa shape index (κ2) is 6.99. The van der Waals surface area contributed by atoms with Gasteiger partial charge in [0.05, 0.1) is 11.2 Å². The van der Waals surface area contributed by atoms with Crippen molar-refractivity contribution in [1.82, 2.24) is 9.71 Å². The van der Waals surface area contributed by atoms with Crippen LogP contribution in [-0.2, 0) is 27.7 Å². The molecule has 0 saturated heterocycles. The number of nitrogens with zero attached hydrogens (tertiary/aromatic N) is 1. The molecule has 0 aliphatic carbocycles. The van der Waals surface area contributed by atoms with Gasteiger partial charge in [0.1, 0.15) is 6.04 Å². The second-order valence-corrected chi connectivity index (χ2v) is 7.68. The highest BCUT2D eigenvalue weighted by atomic mass is 32.2. The predicted molar refractivity (Wildman–Crippen MR) is 83.4 cm³/mol. The fraction of sp³-hybridized carbons (Fsp3) is 0.286. The Hall–Kier alpha value is -1.77. The number of aryl methyl sites for hydroxylation is 1. The van der Waals surface area contributed by atoms with Gasteiger partial charge < -0.3 is 5.11 Å². The number of carbonyl (C=O) groups is 1. The lowest BCUT2D eigenvalue weighted by Gasteiger charge is -2.13. The third kappa shape index (κ3) is 4.12. The normalized spacial score (nSPS) is 13.0. The second-order valence-electron chi connectivity index (χ2n) is 4.63. The van der Waals surface area contributed by atoms with Crippen LogP contribution in [0.15, 0.2) is 40.7 Å². The van der Waals surface area contributed by atoms with E-state index < -0.39 is 22.0 Å². The van der Waals surface area contributed by atoms with Gasteiger partial charge in [0.15, 0.2) is 4.21 Å². The Bertz CT molecular complexity index is 741. The number of thiazole rings is 1. The number of carboxylic acid groups (broad SMARTS) is 1. The molecule has 1 aromatic carbocycles. The van der Waals surface area contributed by atoms with Crippen molar-refractivity contribution >= 4 is 27.3 Å². The van der Waals surface area contributed by atoms with Crippen molar-refractivity contribution in [2.45, 2.75) is 30.0 Å². The molecule has 1 aromatic heterocycles. The molecule has 0 amide bonds. The average molecular weight is 340 g/mol. The molecular weight excluding hydrogens is 324 g/mol. The Kier molecular flexibility index (Phi) is 5.28. The van der Waals surface area contributed by atoms with Crippen LogP contribution in [0.3, 0.4) is 0 Å². The van der Waals surface area contributed by atoms with Crippen molar-refractivity contribution in [2.75, 3.05) is 0 Å². The van der Waals surface area contributed by atoms with E-state index in [1.54, 1.807) is 24.3 Å². The topological polar surface area (TPSA) is 96.4 Å². The van der Waals surface area contributed by atoms with E-state index in [2.05, 4.69) is 9.71 Å². The van der Waals surface area contributed by atoms with Crippen molar-refractivity contribution < 1.29 is 18.3 Å². The van der Waals surface area contributed by atoms with Crippen LogP contribution < -0.4 is 4.72 Å². The number of nitrogens with one attached hydrogen (secondary N) is 1. The van der Waals surface area contributed by atoms with Gasteiger partial charge >= 0.3 is 5.97 Å². The number of aliphatic carboxylic acids is 1. The van der Waals surface area contributed by atoms with E-state index in [0.29, 0.717) is 11.4 Å². The lowest BCUT2D eigenvalue weighted by atomic mass is 10.1. The number of hydrogen-bond donors (Lipinski definition) is 2. The zero-order valence-corrected chi connectivity index (χ0v) is 13.5. The Balaban J connectivity index is 2.18. The number of benzene rings is 1. The minimum absolute atomic E-state index is 0.0312. The zero-order valence-electron chi connectivity index (χ0n) is 11.9. The van der Waals surface area contributed by atoms with E-state index in [9.17, 15) is 18.3 Å². The molecule has 118 valence electrons. The van der Waals surface area contributed by atoms with Crippen LogP contribution in [0.25, 0.3) is 0 Å². The largest absolute Gasteiger partial charge is 0.480 e. The lowest BCUT2D eigenvalue weighted by Crippen LogP contribution is -2.42. The molecule has 8 heteroatoms. The Morgan fingerprint density at radius 3 is 2.59 bits per heavy atom. The third-order valence-corrected chi connectivity index (χ3v) is 6.05. The van der Waals surface area contributed by atoms with Crippen LogP contribution >= 0.6 is 11.3 Å². The molecule has 0 unspecified atom stereocenters. The van der Waals surface area contributed by atoms with Gasteiger partial charge in [-0.2, -0.15) is 4.72 Å². The summed E-state index contributed by atoms with van der Waals surface area (Å²) >= 11 is 1.05. The first-order valence-corrected chi connectivity index (χ1v) is 8.96. The molecule has 22 heavy (non-hydrogen) atoms. The molecule has 1 heterocycles. The standard InChI is InChI=1S/C14H16N2O4S2/c1-2-12-15-9-13(21-12)22(19,20)16-11(14(17)18)8-10-6-4-3-5-7-10/h3-7,9,11,16H,2,8H2,1H3,(H,17,18)/t11-/m1/s1. The minimum Gasteiger partial charge on any atom is -0.480 e. The zero-order chi connectivity index (χ0) is 16.2. The summed E-state index contributed by atoms with van der Waals surface area (Å²) in [5, 5.41) is 9.95. The minimum atomic E-state index is -3.89. The molecule has 0 fully saturated rings. The van der Waals surface area contributed by atoms with Gasteiger partial charge in [-0.3, -0.25) is 4.79 Å². The van der Waals surface area contributed by atoms with Gasteiger partial charge in [0, 0.05) is 0 Å². The highest BCUT2D eigenvalue weighted by Gasteiger charge is 2.27. The van der Waals surface area contributed by atoms with Crippen LogP contribution in [0.1, 0.15) is 17.5 Å². The van der Waals surface area contributed by atoms with Crippen LogP contribution in [0.2, 0.25) is 0 Å². The van der Waals surface area contributed by atoms with Gasteiger partial charge in [-0.05, 0) is 18.4 Å². The summed E-state index contributed by atoms with van der Waals surface area (Å²) in [6, 6.07) is 7.66. The summed E-state index contributed by atoms with van der Waals surface area (Å²) < 4.78 is 26.8. The van der Waals surface area contributed by atoms with E-state index in [4.69, 9.17) is 0 Å². The first kappa shape index (κ1) is 16.6. The summed E-state index contributed by atoms with van der Waals surface area (Å²) in [4.78, 5) is 15.3. The molecule has 2 aromatic rings. The Morgan fingerprint density at radius 2 is 2.05 bits per heavy atom. The van der Waals surface area contributed by atoms with Crippen LogP contribution in [0.4, 0.5) is 0 Å². The smallest absolute Gasteiger partial charge is 0.322 e. The highest BCUT2D eigenvalue weighted by molar-refractivity contribution is 7.91. The fourth-order valence-corrected chi connectivity index (χ4v) is 4.18. The molecule has 6 nitrogen and oxygen atoms in total. The average Bonchev–Trinajstić information content (AvgIpc) is 2.97. The molecule has 0 saturated carbocycles. The molecule has 0 aliphatic heterocycles. The van der Waals surface area contributed by atoms with Gasteiger partial charge in [-0.25, -0.2) is 13.4 Å². The molecule has 0 aliphatic rings. The van der Waals surface area contributed by atoms with Crippen LogP contribution in [0, 0.1) is 0 Å². The van der Waals surface area contributed by atoms with E-state index in [1.807, 2.05) is 13.0 Å². The monoisotopic (exact) mass is 340 g/mol. The van der Waals surface area contributed by atoms with Crippen molar-refractivity contribution in [3.8, 4) is 0 Å². The van der Waals surface area contributed by atoms with Gasteiger partial charge in [0.2, 0.25) is 0 Å². The number of hydrogen-bond acceptors (Lipinski definition) is 5. The van der Waals surface area contributed by atoms with Crippen molar-refractivity contribution in [3.05, 3.63) is 47.1 Å². The molecule has 0 bridgehead atoms. The quantitative estimate of drug-likeness (QED) is 0.799. The van der Waals surface area contributed by atoms with E-state index in [0.717, 1.165) is 16.9 Å². The summed E-state index contributed by atoms with van der Waals surface area (Å²) in [5.74, 6) is -1.22. The fourth-order valence-electron chi connectivity index (χ4n) is 1.86. The molecule has 1 atom stereocenters. The maximum absolute atomic E-state index is 12.3. The molecule has 2 N–H and O–H groups in total. The third-order valence-electron chi connectivity index (χ3n) is 2.98.